The Balaban J connectivity index is 2.56. The van der Waals surface area contributed by atoms with Crippen LogP contribution in [0.2, 0.25) is 5.28 Å². The number of aryl methyl sites for hydroxylation is 1. The predicted octanol–water partition coefficient (Wildman–Crippen LogP) is 1.20. The van der Waals surface area contributed by atoms with Crippen molar-refractivity contribution >= 4 is 29.0 Å². The molecule has 1 rings (SSSR count). The van der Waals surface area contributed by atoms with Crippen LogP contribution in [0.3, 0.4) is 0 Å². The number of nitrogens with one attached hydrogen (secondary N) is 2. The van der Waals surface area contributed by atoms with Gasteiger partial charge in [0.15, 0.2) is 5.82 Å². The number of carbonyl (C=O) groups is 1. The van der Waals surface area contributed by atoms with Crippen LogP contribution in [0.4, 0.5) is 11.5 Å². The zero-order valence-corrected chi connectivity index (χ0v) is 11.5. The third-order valence-corrected chi connectivity index (χ3v) is 2.40. The van der Waals surface area contributed by atoms with E-state index in [4.69, 9.17) is 17.3 Å². The zero-order valence-electron chi connectivity index (χ0n) is 10.7. The molecule has 1 heterocycles. The van der Waals surface area contributed by atoms with Gasteiger partial charge in [0.2, 0.25) is 11.2 Å². The van der Waals surface area contributed by atoms with E-state index in [9.17, 15) is 4.79 Å². The van der Waals surface area contributed by atoms with Crippen LogP contribution >= 0.6 is 11.6 Å². The largest absolute Gasteiger partial charge is 0.394 e. The first kappa shape index (κ1) is 14.5. The highest BCUT2D eigenvalue weighted by Gasteiger charge is 2.09. The molecule has 0 unspecified atom stereocenters. The molecule has 0 spiro atoms. The summed E-state index contributed by atoms with van der Waals surface area (Å²) in [4.78, 5) is 19.4. The summed E-state index contributed by atoms with van der Waals surface area (Å²) < 4.78 is 0. The van der Waals surface area contributed by atoms with Crippen molar-refractivity contribution < 1.29 is 4.79 Å². The van der Waals surface area contributed by atoms with Crippen molar-refractivity contribution in [3.63, 3.8) is 0 Å². The molecule has 0 aliphatic heterocycles. The molecule has 6 nitrogen and oxygen atoms in total. The second-order valence-electron chi connectivity index (χ2n) is 4.39. The van der Waals surface area contributed by atoms with E-state index in [1.165, 1.54) is 0 Å². The van der Waals surface area contributed by atoms with Gasteiger partial charge in [0.25, 0.3) is 0 Å². The number of hydrogen-bond donors (Lipinski definition) is 3. The lowest BCUT2D eigenvalue weighted by Crippen LogP contribution is -2.32. The van der Waals surface area contributed by atoms with Crippen LogP contribution in [0.5, 0.6) is 0 Å². The number of halogens is 1. The maximum atomic E-state index is 11.5. The molecule has 0 aliphatic rings. The van der Waals surface area contributed by atoms with Crippen LogP contribution in [0.15, 0.2) is 0 Å². The highest BCUT2D eigenvalue weighted by Crippen LogP contribution is 2.19. The van der Waals surface area contributed by atoms with Gasteiger partial charge in [-0.3, -0.25) is 4.79 Å². The minimum atomic E-state index is -0.115. The van der Waals surface area contributed by atoms with Crippen molar-refractivity contribution in [3.8, 4) is 0 Å². The maximum Gasteiger partial charge on any atom is 0.239 e. The SMILES string of the molecule is Cc1nc(Cl)nc(NCC(=O)NCC(C)C)c1N. The first-order valence-corrected chi connectivity index (χ1v) is 6.08. The lowest BCUT2D eigenvalue weighted by molar-refractivity contribution is -0.119. The number of nitrogens with zero attached hydrogens (tertiary/aromatic N) is 2. The van der Waals surface area contributed by atoms with Gasteiger partial charge in [0, 0.05) is 6.54 Å². The number of aromatic nitrogens is 2. The molecule has 0 saturated heterocycles. The van der Waals surface area contributed by atoms with E-state index in [-0.39, 0.29) is 17.7 Å². The monoisotopic (exact) mass is 271 g/mol. The minimum Gasteiger partial charge on any atom is -0.394 e. The fourth-order valence-corrected chi connectivity index (χ4v) is 1.44. The summed E-state index contributed by atoms with van der Waals surface area (Å²) in [6, 6.07) is 0. The molecule has 0 radical (unpaired) electrons. The van der Waals surface area contributed by atoms with Crippen LogP contribution in [0, 0.1) is 12.8 Å². The predicted molar refractivity (Wildman–Crippen MR) is 72.5 cm³/mol. The third kappa shape index (κ3) is 4.37. The van der Waals surface area contributed by atoms with Gasteiger partial charge < -0.3 is 16.4 Å². The number of anilines is 2. The fraction of sp³-hybridized carbons (Fsp3) is 0.545. The van der Waals surface area contributed by atoms with Crippen molar-refractivity contribution in [1.82, 2.24) is 15.3 Å². The average Bonchev–Trinajstić information content (AvgIpc) is 2.29. The first-order valence-electron chi connectivity index (χ1n) is 5.70. The van der Waals surface area contributed by atoms with Crippen molar-refractivity contribution in [2.75, 3.05) is 24.1 Å². The normalized spacial score (nSPS) is 10.5. The van der Waals surface area contributed by atoms with E-state index < -0.39 is 0 Å². The Bertz CT molecular complexity index is 436. The quantitative estimate of drug-likeness (QED) is 0.700. The number of carbonyl (C=O) groups excluding carboxylic acids is 1. The molecule has 7 heteroatoms. The number of rotatable bonds is 5. The molecule has 1 aromatic heterocycles. The van der Waals surface area contributed by atoms with Crippen molar-refractivity contribution in [2.45, 2.75) is 20.8 Å². The van der Waals surface area contributed by atoms with E-state index in [0.29, 0.717) is 29.7 Å². The Morgan fingerprint density at radius 1 is 1.44 bits per heavy atom. The smallest absolute Gasteiger partial charge is 0.239 e. The summed E-state index contributed by atoms with van der Waals surface area (Å²) in [5, 5.41) is 5.73. The molecule has 1 aromatic rings. The number of nitrogen functional groups attached to an aromatic ring is 1. The summed E-state index contributed by atoms with van der Waals surface area (Å²) in [5.41, 5.74) is 6.76. The fourth-order valence-electron chi connectivity index (χ4n) is 1.23. The molecule has 100 valence electrons. The van der Waals surface area contributed by atoms with Crippen LogP contribution < -0.4 is 16.4 Å². The molecule has 0 bridgehead atoms. The van der Waals surface area contributed by atoms with Crippen molar-refractivity contribution in [3.05, 3.63) is 11.0 Å². The molecule has 4 N–H and O–H groups in total. The first-order chi connectivity index (χ1) is 8.40. The van der Waals surface area contributed by atoms with E-state index in [2.05, 4.69) is 20.6 Å². The van der Waals surface area contributed by atoms with E-state index in [0.717, 1.165) is 0 Å². The third-order valence-electron chi connectivity index (χ3n) is 2.23. The van der Waals surface area contributed by atoms with Gasteiger partial charge in [-0.25, -0.2) is 4.98 Å². The summed E-state index contributed by atoms with van der Waals surface area (Å²) in [6.45, 7) is 6.52. The number of nitrogens with two attached hydrogens (primary N) is 1. The Kier molecular flexibility index (Phi) is 5.15. The lowest BCUT2D eigenvalue weighted by Gasteiger charge is -2.11. The van der Waals surface area contributed by atoms with Crippen LogP contribution in [-0.2, 0) is 4.79 Å². The van der Waals surface area contributed by atoms with E-state index >= 15 is 0 Å². The van der Waals surface area contributed by atoms with Gasteiger partial charge in [-0.1, -0.05) is 13.8 Å². The van der Waals surface area contributed by atoms with Gasteiger partial charge in [0.1, 0.15) is 0 Å². The van der Waals surface area contributed by atoms with Gasteiger partial charge in [-0.2, -0.15) is 4.98 Å². The van der Waals surface area contributed by atoms with Crippen molar-refractivity contribution in [2.24, 2.45) is 5.92 Å². The van der Waals surface area contributed by atoms with Gasteiger partial charge in [0.05, 0.1) is 17.9 Å². The summed E-state index contributed by atoms with van der Waals surface area (Å²) in [7, 11) is 0. The van der Waals surface area contributed by atoms with Crippen LogP contribution in [0.25, 0.3) is 0 Å². The van der Waals surface area contributed by atoms with E-state index in [1.54, 1.807) is 6.92 Å². The molecule has 0 aliphatic carbocycles. The molecule has 0 saturated carbocycles. The van der Waals surface area contributed by atoms with Gasteiger partial charge in [-0.05, 0) is 24.4 Å². The highest BCUT2D eigenvalue weighted by atomic mass is 35.5. The molecule has 0 fully saturated rings. The van der Waals surface area contributed by atoms with Gasteiger partial charge >= 0.3 is 0 Å². The second kappa shape index (κ2) is 6.39. The molecule has 0 aromatic carbocycles. The average molecular weight is 272 g/mol. The number of amides is 1. The van der Waals surface area contributed by atoms with E-state index in [1.807, 2.05) is 13.8 Å². The number of hydrogen-bond acceptors (Lipinski definition) is 5. The molecule has 1 amide bonds. The Hall–Kier alpha value is -1.56. The molecule has 18 heavy (non-hydrogen) atoms. The minimum absolute atomic E-state index is 0.101. The Morgan fingerprint density at radius 2 is 2.11 bits per heavy atom. The van der Waals surface area contributed by atoms with Gasteiger partial charge in [-0.15, -0.1) is 0 Å². The summed E-state index contributed by atoms with van der Waals surface area (Å²) in [6.07, 6.45) is 0. The Morgan fingerprint density at radius 3 is 2.72 bits per heavy atom. The lowest BCUT2D eigenvalue weighted by atomic mass is 10.2. The van der Waals surface area contributed by atoms with Crippen molar-refractivity contribution in [1.29, 1.82) is 0 Å². The zero-order chi connectivity index (χ0) is 13.7. The molecular weight excluding hydrogens is 254 g/mol. The second-order valence-corrected chi connectivity index (χ2v) is 4.73. The van der Waals surface area contributed by atoms with Crippen LogP contribution in [-0.4, -0.2) is 29.0 Å². The standard InChI is InChI=1S/C11H18ClN5O/c1-6(2)4-14-8(18)5-15-10-9(13)7(3)16-11(12)17-10/h6H,4-5,13H2,1-3H3,(H,14,18)(H,15,16,17). The topological polar surface area (TPSA) is 92.9 Å². The maximum absolute atomic E-state index is 11.5. The highest BCUT2D eigenvalue weighted by molar-refractivity contribution is 6.28. The summed E-state index contributed by atoms with van der Waals surface area (Å²) in [5.74, 6) is 0.678. The summed E-state index contributed by atoms with van der Waals surface area (Å²) >= 11 is 5.72. The van der Waals surface area contributed by atoms with Crippen LogP contribution in [0.1, 0.15) is 19.5 Å². The molecule has 0 atom stereocenters. The molecular formula is C11H18ClN5O. The Labute approximate surface area is 111 Å².